The molecule has 1 fully saturated rings. The van der Waals surface area contributed by atoms with Crippen LogP contribution in [0.2, 0.25) is 0 Å². The van der Waals surface area contributed by atoms with Crippen molar-refractivity contribution in [1.29, 1.82) is 0 Å². The maximum Gasteiger partial charge on any atom is 0.295 e. The summed E-state index contributed by atoms with van der Waals surface area (Å²) in [5.74, 6) is -0.430. The number of aliphatic hydroxyl groups excluding tert-OH is 1. The Bertz CT molecular complexity index is 1290. The molecule has 4 rings (SSSR count). The highest BCUT2D eigenvalue weighted by Gasteiger charge is 2.46. The zero-order valence-electron chi connectivity index (χ0n) is 20.2. The van der Waals surface area contributed by atoms with Crippen LogP contribution in [-0.2, 0) is 16.1 Å². The van der Waals surface area contributed by atoms with Gasteiger partial charge in [0.05, 0.1) is 18.7 Å². The predicted molar refractivity (Wildman–Crippen MR) is 140 cm³/mol. The van der Waals surface area contributed by atoms with Crippen LogP contribution in [-0.4, -0.2) is 28.8 Å². The highest BCUT2D eigenvalue weighted by Crippen LogP contribution is 2.41. The SMILES string of the molecule is COc1ccc(CN2C(=O)C(=O)/C(=C(\O)c3ccc(Br)c(C)c3)C2c2ccc(C(C)C)cc2)cc1. The van der Waals surface area contributed by atoms with Crippen LogP contribution in [0.15, 0.2) is 76.8 Å². The van der Waals surface area contributed by atoms with Crippen LogP contribution in [0.4, 0.5) is 0 Å². The lowest BCUT2D eigenvalue weighted by Gasteiger charge is -2.26. The van der Waals surface area contributed by atoms with Gasteiger partial charge in [0, 0.05) is 16.6 Å². The van der Waals surface area contributed by atoms with Crippen LogP contribution >= 0.6 is 15.9 Å². The molecular formula is C29H28BrNO4. The van der Waals surface area contributed by atoms with Gasteiger partial charge in [-0.3, -0.25) is 9.59 Å². The third-order valence-corrected chi connectivity index (χ3v) is 7.29. The number of hydrogen-bond donors (Lipinski definition) is 1. The number of ether oxygens (including phenoxy) is 1. The van der Waals surface area contributed by atoms with Gasteiger partial charge in [-0.2, -0.15) is 0 Å². The number of benzene rings is 3. The zero-order valence-corrected chi connectivity index (χ0v) is 21.8. The number of rotatable bonds is 6. The van der Waals surface area contributed by atoms with E-state index in [2.05, 4.69) is 29.8 Å². The van der Waals surface area contributed by atoms with E-state index >= 15 is 0 Å². The standard InChI is InChI=1S/C29H28BrNO4/c1-17(2)20-7-9-21(10-8-20)26-25(27(32)22-11-14-24(30)18(3)15-22)28(33)29(34)31(26)16-19-5-12-23(35-4)13-6-19/h5-15,17,26,32H,16H2,1-4H3/b27-25-. The van der Waals surface area contributed by atoms with Crippen molar-refractivity contribution in [2.24, 2.45) is 0 Å². The number of ketones is 1. The largest absolute Gasteiger partial charge is 0.507 e. The molecule has 6 heteroatoms. The highest BCUT2D eigenvalue weighted by atomic mass is 79.9. The van der Waals surface area contributed by atoms with Crippen molar-refractivity contribution in [2.45, 2.75) is 39.3 Å². The molecule has 0 radical (unpaired) electrons. The van der Waals surface area contributed by atoms with Crippen molar-refractivity contribution in [3.8, 4) is 5.75 Å². The van der Waals surface area contributed by atoms with E-state index in [4.69, 9.17) is 4.74 Å². The number of halogens is 1. The molecule has 1 atom stereocenters. The van der Waals surface area contributed by atoms with Gasteiger partial charge in [-0.15, -0.1) is 0 Å². The average molecular weight is 534 g/mol. The number of amides is 1. The van der Waals surface area contributed by atoms with Gasteiger partial charge >= 0.3 is 0 Å². The van der Waals surface area contributed by atoms with Crippen LogP contribution in [0, 0.1) is 6.92 Å². The fraction of sp³-hybridized carbons (Fsp3) is 0.241. The number of carbonyl (C=O) groups is 2. The van der Waals surface area contributed by atoms with E-state index in [-0.39, 0.29) is 17.9 Å². The number of likely N-dealkylation sites (tertiary alicyclic amines) is 1. The van der Waals surface area contributed by atoms with E-state index in [1.54, 1.807) is 19.2 Å². The van der Waals surface area contributed by atoms with Gasteiger partial charge in [0.15, 0.2) is 0 Å². The molecule has 3 aromatic rings. The van der Waals surface area contributed by atoms with Crippen LogP contribution in [0.25, 0.3) is 5.76 Å². The Morgan fingerprint density at radius 3 is 2.26 bits per heavy atom. The number of aryl methyl sites for hydroxylation is 1. The number of nitrogens with zero attached hydrogens (tertiary/aromatic N) is 1. The molecule has 1 amide bonds. The van der Waals surface area contributed by atoms with Crippen molar-refractivity contribution in [3.63, 3.8) is 0 Å². The maximum absolute atomic E-state index is 13.3. The van der Waals surface area contributed by atoms with Gasteiger partial charge in [-0.05, 0) is 59.4 Å². The number of aliphatic hydroxyl groups is 1. The van der Waals surface area contributed by atoms with Gasteiger partial charge in [0.2, 0.25) is 0 Å². The first-order chi connectivity index (χ1) is 16.7. The van der Waals surface area contributed by atoms with Crippen molar-refractivity contribution < 1.29 is 19.4 Å². The lowest BCUT2D eigenvalue weighted by atomic mass is 9.93. The quantitative estimate of drug-likeness (QED) is 0.222. The maximum atomic E-state index is 13.3. The van der Waals surface area contributed by atoms with E-state index in [9.17, 15) is 14.7 Å². The van der Waals surface area contributed by atoms with E-state index in [1.807, 2.05) is 61.5 Å². The number of Topliss-reactive ketones (excluding diaryl/α,β-unsaturated/α-hetero) is 1. The Labute approximate surface area is 214 Å². The Kier molecular flexibility index (Phi) is 7.13. The molecule has 5 nitrogen and oxygen atoms in total. The van der Waals surface area contributed by atoms with Gasteiger partial charge in [-0.1, -0.05) is 72.2 Å². The Morgan fingerprint density at radius 2 is 1.69 bits per heavy atom. The molecule has 1 unspecified atom stereocenters. The van der Waals surface area contributed by atoms with Crippen molar-refractivity contribution >= 4 is 33.4 Å². The molecule has 0 saturated carbocycles. The number of methoxy groups -OCH3 is 1. The smallest absolute Gasteiger partial charge is 0.295 e. The minimum Gasteiger partial charge on any atom is -0.507 e. The second kappa shape index (κ2) is 10.1. The molecule has 1 aliphatic heterocycles. The van der Waals surface area contributed by atoms with E-state index in [0.717, 1.165) is 26.7 Å². The third kappa shape index (κ3) is 4.89. The summed E-state index contributed by atoms with van der Waals surface area (Å²) in [6, 6.07) is 19.9. The summed E-state index contributed by atoms with van der Waals surface area (Å²) in [6.07, 6.45) is 0. The van der Waals surface area contributed by atoms with Gasteiger partial charge in [0.25, 0.3) is 11.7 Å². The first kappa shape index (κ1) is 24.7. The predicted octanol–water partition coefficient (Wildman–Crippen LogP) is 6.51. The summed E-state index contributed by atoms with van der Waals surface area (Å²) in [6.45, 7) is 6.35. The zero-order chi connectivity index (χ0) is 25.3. The minimum atomic E-state index is -0.706. The minimum absolute atomic E-state index is 0.0996. The molecule has 3 aromatic carbocycles. The average Bonchev–Trinajstić information content (AvgIpc) is 3.10. The number of carbonyl (C=O) groups excluding carboxylic acids is 2. The van der Waals surface area contributed by atoms with Crippen LogP contribution in [0.5, 0.6) is 5.75 Å². The van der Waals surface area contributed by atoms with Crippen molar-refractivity contribution in [1.82, 2.24) is 4.90 Å². The van der Waals surface area contributed by atoms with E-state index in [0.29, 0.717) is 17.2 Å². The molecule has 0 aliphatic carbocycles. The summed E-state index contributed by atoms with van der Waals surface area (Å²) < 4.78 is 6.13. The number of hydrogen-bond acceptors (Lipinski definition) is 4. The Balaban J connectivity index is 1.84. The molecule has 1 N–H and O–H groups in total. The van der Waals surface area contributed by atoms with E-state index in [1.165, 1.54) is 4.90 Å². The summed E-state index contributed by atoms with van der Waals surface area (Å²) >= 11 is 3.47. The first-order valence-electron chi connectivity index (χ1n) is 11.5. The van der Waals surface area contributed by atoms with Crippen LogP contribution in [0.3, 0.4) is 0 Å². The summed E-state index contributed by atoms with van der Waals surface area (Å²) in [7, 11) is 1.60. The molecule has 1 aliphatic rings. The molecule has 0 bridgehead atoms. The van der Waals surface area contributed by atoms with Crippen molar-refractivity contribution in [3.05, 3.63) is 105 Å². The topological polar surface area (TPSA) is 66.8 Å². The molecule has 35 heavy (non-hydrogen) atoms. The summed E-state index contributed by atoms with van der Waals surface area (Å²) in [4.78, 5) is 28.1. The lowest BCUT2D eigenvalue weighted by Crippen LogP contribution is -2.29. The third-order valence-electron chi connectivity index (χ3n) is 6.40. The molecular weight excluding hydrogens is 506 g/mol. The fourth-order valence-corrected chi connectivity index (χ4v) is 4.57. The van der Waals surface area contributed by atoms with Crippen LogP contribution < -0.4 is 4.74 Å². The molecule has 0 spiro atoms. The molecule has 0 aromatic heterocycles. The Morgan fingerprint density at radius 1 is 1.03 bits per heavy atom. The van der Waals surface area contributed by atoms with Crippen LogP contribution in [0.1, 0.15) is 53.6 Å². The van der Waals surface area contributed by atoms with Crippen molar-refractivity contribution in [2.75, 3.05) is 7.11 Å². The summed E-state index contributed by atoms with van der Waals surface area (Å²) in [5.41, 5.74) is 4.30. The normalized spacial score (nSPS) is 17.3. The summed E-state index contributed by atoms with van der Waals surface area (Å²) in [5, 5.41) is 11.3. The molecule has 1 heterocycles. The fourth-order valence-electron chi connectivity index (χ4n) is 4.33. The van der Waals surface area contributed by atoms with Gasteiger partial charge in [0.1, 0.15) is 11.5 Å². The molecule has 180 valence electrons. The monoisotopic (exact) mass is 533 g/mol. The highest BCUT2D eigenvalue weighted by molar-refractivity contribution is 9.10. The lowest BCUT2D eigenvalue weighted by molar-refractivity contribution is -0.140. The van der Waals surface area contributed by atoms with E-state index < -0.39 is 17.7 Å². The second-order valence-electron chi connectivity index (χ2n) is 9.06. The molecule has 1 saturated heterocycles. The first-order valence-corrected chi connectivity index (χ1v) is 12.3. The second-order valence-corrected chi connectivity index (χ2v) is 9.91. The van der Waals surface area contributed by atoms with Gasteiger partial charge < -0.3 is 14.7 Å². The van der Waals surface area contributed by atoms with Gasteiger partial charge in [-0.25, -0.2) is 0 Å². The Hall–Kier alpha value is -3.38.